The van der Waals surface area contributed by atoms with E-state index in [-0.39, 0.29) is 5.97 Å². The van der Waals surface area contributed by atoms with Crippen molar-refractivity contribution in [2.45, 2.75) is 6.67 Å². The summed E-state index contributed by atoms with van der Waals surface area (Å²) in [6, 6.07) is 7.50. The van der Waals surface area contributed by atoms with Gasteiger partial charge in [-0.3, -0.25) is 0 Å². The van der Waals surface area contributed by atoms with Crippen LogP contribution in [0.5, 0.6) is 5.75 Å². The lowest BCUT2D eigenvalue weighted by Crippen LogP contribution is -2.18. The number of aromatic nitrogens is 1. The van der Waals surface area contributed by atoms with E-state index in [2.05, 4.69) is 5.32 Å². The molecule has 2 aromatic rings. The highest BCUT2D eigenvalue weighted by atomic mass is 16.5. The zero-order chi connectivity index (χ0) is 13.1. The van der Waals surface area contributed by atoms with Gasteiger partial charge in [-0.25, -0.2) is 4.79 Å². The smallest absolute Gasteiger partial charge is 0.354 e. The van der Waals surface area contributed by atoms with Crippen LogP contribution in [0.1, 0.15) is 10.5 Å². The Morgan fingerprint density at radius 2 is 2.17 bits per heavy atom. The summed E-state index contributed by atoms with van der Waals surface area (Å²) < 4.78 is 12.0. The van der Waals surface area contributed by atoms with Crippen LogP contribution >= 0.6 is 0 Å². The predicted octanol–water partition coefficient (Wildman–Crippen LogP) is 1.61. The number of carbonyl (C=O) groups excluding carboxylic acids is 1. The van der Waals surface area contributed by atoms with Gasteiger partial charge in [0.2, 0.25) is 0 Å². The van der Waals surface area contributed by atoms with E-state index in [0.29, 0.717) is 12.4 Å². The van der Waals surface area contributed by atoms with Gasteiger partial charge in [0.1, 0.15) is 11.4 Å². The number of nitrogens with one attached hydrogen (secondary N) is 1. The molecule has 0 saturated carbocycles. The fourth-order valence-electron chi connectivity index (χ4n) is 2.04. The number of rotatable bonds is 4. The lowest BCUT2D eigenvalue weighted by molar-refractivity contribution is 0.0588. The second-order valence-corrected chi connectivity index (χ2v) is 3.85. The van der Waals surface area contributed by atoms with Crippen LogP contribution in [0.3, 0.4) is 0 Å². The first-order valence-electron chi connectivity index (χ1n) is 5.62. The monoisotopic (exact) mass is 248 g/mol. The molecule has 0 radical (unpaired) electrons. The summed E-state index contributed by atoms with van der Waals surface area (Å²) in [7, 11) is 4.82. The van der Waals surface area contributed by atoms with Crippen LogP contribution < -0.4 is 10.1 Å². The molecule has 18 heavy (non-hydrogen) atoms. The van der Waals surface area contributed by atoms with Crippen LogP contribution in [-0.2, 0) is 11.4 Å². The van der Waals surface area contributed by atoms with Crippen LogP contribution in [0.4, 0.5) is 0 Å². The van der Waals surface area contributed by atoms with E-state index >= 15 is 0 Å². The summed E-state index contributed by atoms with van der Waals surface area (Å²) in [5, 5.41) is 3.93. The normalized spacial score (nSPS) is 10.6. The minimum absolute atomic E-state index is 0.358. The predicted molar refractivity (Wildman–Crippen MR) is 68.9 cm³/mol. The van der Waals surface area contributed by atoms with E-state index in [0.717, 1.165) is 16.7 Å². The fourth-order valence-corrected chi connectivity index (χ4v) is 2.04. The Balaban J connectivity index is 2.69. The van der Waals surface area contributed by atoms with Gasteiger partial charge in [0.25, 0.3) is 0 Å². The molecule has 0 amide bonds. The van der Waals surface area contributed by atoms with E-state index in [1.807, 2.05) is 29.8 Å². The summed E-state index contributed by atoms with van der Waals surface area (Å²) in [6.07, 6.45) is 0. The molecule has 0 unspecified atom stereocenters. The highest BCUT2D eigenvalue weighted by Gasteiger charge is 2.17. The average Bonchev–Trinajstić information content (AvgIpc) is 2.77. The Kier molecular flexibility index (Phi) is 3.53. The minimum atomic E-state index is -0.358. The van der Waals surface area contributed by atoms with Crippen LogP contribution in [0, 0.1) is 0 Å². The van der Waals surface area contributed by atoms with Crippen molar-refractivity contribution < 1.29 is 14.3 Å². The third-order valence-electron chi connectivity index (χ3n) is 2.84. The topological polar surface area (TPSA) is 52.5 Å². The largest absolute Gasteiger partial charge is 0.496 e. The molecular weight excluding hydrogens is 232 g/mol. The molecule has 1 aromatic heterocycles. The van der Waals surface area contributed by atoms with Crippen molar-refractivity contribution in [3.8, 4) is 5.75 Å². The molecule has 96 valence electrons. The standard InChI is InChI=1S/C13H16N2O3/c1-14-8-15-10-5-4-6-12(17-2)9(10)7-11(15)13(16)18-3/h4-7,14H,8H2,1-3H3. The van der Waals surface area contributed by atoms with Crippen LogP contribution in [0.2, 0.25) is 0 Å². The highest BCUT2D eigenvalue weighted by molar-refractivity contribution is 5.97. The number of methoxy groups -OCH3 is 2. The van der Waals surface area contributed by atoms with Gasteiger partial charge in [-0.2, -0.15) is 0 Å². The molecule has 0 spiro atoms. The second kappa shape index (κ2) is 5.10. The van der Waals surface area contributed by atoms with E-state index in [1.165, 1.54) is 7.11 Å². The molecule has 5 nitrogen and oxygen atoms in total. The lowest BCUT2D eigenvalue weighted by atomic mass is 10.2. The van der Waals surface area contributed by atoms with E-state index < -0.39 is 0 Å². The van der Waals surface area contributed by atoms with Crippen molar-refractivity contribution >= 4 is 16.9 Å². The first-order valence-corrected chi connectivity index (χ1v) is 5.62. The van der Waals surface area contributed by atoms with Gasteiger partial charge < -0.3 is 19.4 Å². The zero-order valence-corrected chi connectivity index (χ0v) is 10.7. The van der Waals surface area contributed by atoms with Crippen molar-refractivity contribution in [1.82, 2.24) is 9.88 Å². The van der Waals surface area contributed by atoms with Gasteiger partial charge in [-0.15, -0.1) is 0 Å². The van der Waals surface area contributed by atoms with Gasteiger partial charge in [0, 0.05) is 5.39 Å². The molecule has 0 aliphatic carbocycles. The van der Waals surface area contributed by atoms with Gasteiger partial charge in [-0.1, -0.05) is 6.07 Å². The third kappa shape index (κ3) is 1.93. The molecule has 0 bridgehead atoms. The van der Waals surface area contributed by atoms with E-state index in [1.54, 1.807) is 13.2 Å². The van der Waals surface area contributed by atoms with Crippen molar-refractivity contribution in [3.05, 3.63) is 30.0 Å². The third-order valence-corrected chi connectivity index (χ3v) is 2.84. The van der Waals surface area contributed by atoms with Crippen molar-refractivity contribution in [3.63, 3.8) is 0 Å². The number of nitrogens with zero attached hydrogens (tertiary/aromatic N) is 1. The number of fused-ring (bicyclic) bond motifs is 1. The van der Waals surface area contributed by atoms with Crippen LogP contribution in [0.15, 0.2) is 24.3 Å². The maximum atomic E-state index is 11.8. The molecule has 0 aliphatic heterocycles. The fraction of sp³-hybridized carbons (Fsp3) is 0.308. The first-order chi connectivity index (χ1) is 8.72. The number of hydrogen-bond acceptors (Lipinski definition) is 4. The summed E-state index contributed by atoms with van der Waals surface area (Å²) in [5.41, 5.74) is 1.44. The van der Waals surface area contributed by atoms with Crippen molar-refractivity contribution in [2.24, 2.45) is 0 Å². The molecule has 2 rings (SSSR count). The summed E-state index contributed by atoms with van der Waals surface area (Å²) in [6.45, 7) is 0.529. The van der Waals surface area contributed by atoms with Crippen LogP contribution in [-0.4, -0.2) is 31.8 Å². The highest BCUT2D eigenvalue weighted by Crippen LogP contribution is 2.28. The number of esters is 1. The second-order valence-electron chi connectivity index (χ2n) is 3.85. The summed E-state index contributed by atoms with van der Waals surface area (Å²) >= 11 is 0. The molecule has 1 aromatic carbocycles. The quantitative estimate of drug-likeness (QED) is 0.835. The molecule has 0 aliphatic rings. The first kappa shape index (κ1) is 12.4. The summed E-state index contributed by atoms with van der Waals surface area (Å²) in [5.74, 6) is 0.385. The molecule has 1 N–H and O–H groups in total. The Morgan fingerprint density at radius 3 is 2.78 bits per heavy atom. The van der Waals surface area contributed by atoms with E-state index in [4.69, 9.17) is 9.47 Å². The maximum absolute atomic E-state index is 11.8. The van der Waals surface area contributed by atoms with Gasteiger partial charge >= 0.3 is 5.97 Å². The van der Waals surface area contributed by atoms with E-state index in [9.17, 15) is 4.79 Å². The van der Waals surface area contributed by atoms with Crippen LogP contribution in [0.25, 0.3) is 10.9 Å². The Morgan fingerprint density at radius 1 is 1.39 bits per heavy atom. The van der Waals surface area contributed by atoms with Crippen molar-refractivity contribution in [2.75, 3.05) is 21.3 Å². The van der Waals surface area contributed by atoms with Gasteiger partial charge in [0.05, 0.1) is 26.4 Å². The molecule has 0 fully saturated rings. The minimum Gasteiger partial charge on any atom is -0.496 e. The molecular formula is C13H16N2O3. The van der Waals surface area contributed by atoms with Crippen molar-refractivity contribution in [1.29, 1.82) is 0 Å². The molecule has 0 saturated heterocycles. The maximum Gasteiger partial charge on any atom is 0.354 e. The lowest BCUT2D eigenvalue weighted by Gasteiger charge is -2.08. The van der Waals surface area contributed by atoms with Gasteiger partial charge in [-0.05, 0) is 25.2 Å². The average molecular weight is 248 g/mol. The SMILES string of the molecule is CNCn1c(C(=O)OC)cc2c(OC)cccc21. The number of ether oxygens (including phenoxy) is 2. The summed E-state index contributed by atoms with van der Waals surface area (Å²) in [4.78, 5) is 11.8. The molecule has 1 heterocycles. The zero-order valence-electron chi connectivity index (χ0n) is 10.7. The number of benzene rings is 1. The Labute approximate surface area is 105 Å². The molecule has 0 atom stereocenters. The molecule has 5 heteroatoms. The Bertz CT molecular complexity index is 575. The Hall–Kier alpha value is -2.01. The number of carbonyl (C=O) groups is 1. The van der Waals surface area contributed by atoms with Gasteiger partial charge in [0.15, 0.2) is 0 Å². The number of hydrogen-bond donors (Lipinski definition) is 1.